The summed E-state index contributed by atoms with van der Waals surface area (Å²) >= 11 is 0. The largest absolute Gasteiger partial charge is 0.389 e. The van der Waals surface area contributed by atoms with Gasteiger partial charge < -0.3 is 20.6 Å². The third-order valence-electron chi connectivity index (χ3n) is 2.25. The van der Waals surface area contributed by atoms with E-state index in [1.807, 2.05) is 0 Å². The van der Waals surface area contributed by atoms with Crippen LogP contribution in [0.4, 0.5) is 0 Å². The molecular formula is C7H15NO3. The van der Waals surface area contributed by atoms with Crippen molar-refractivity contribution in [1.29, 1.82) is 0 Å². The van der Waals surface area contributed by atoms with Crippen LogP contribution in [0.15, 0.2) is 0 Å². The van der Waals surface area contributed by atoms with E-state index in [1.165, 1.54) is 0 Å². The van der Waals surface area contributed by atoms with E-state index in [-0.39, 0.29) is 12.1 Å². The van der Waals surface area contributed by atoms with Crippen LogP contribution < -0.4 is 5.32 Å². The van der Waals surface area contributed by atoms with Crippen LogP contribution in [0, 0.1) is 0 Å². The third-order valence-corrected chi connectivity index (χ3v) is 2.25. The number of hydrogen-bond donors (Lipinski definition) is 4. The topological polar surface area (TPSA) is 72.7 Å². The van der Waals surface area contributed by atoms with Crippen LogP contribution in [-0.2, 0) is 0 Å². The fraction of sp³-hybridized carbons (Fsp3) is 1.00. The van der Waals surface area contributed by atoms with Crippen molar-refractivity contribution in [2.45, 2.75) is 44.2 Å². The van der Waals surface area contributed by atoms with E-state index in [0.29, 0.717) is 0 Å². The normalized spacial score (nSPS) is 52.6. The molecule has 0 aromatic heterocycles. The van der Waals surface area contributed by atoms with Gasteiger partial charge in [0.05, 0.1) is 12.2 Å². The molecule has 1 aliphatic heterocycles. The Morgan fingerprint density at radius 3 is 1.55 bits per heavy atom. The Balaban J connectivity index is 2.63. The molecule has 1 fully saturated rings. The molecule has 4 N–H and O–H groups in total. The van der Waals surface area contributed by atoms with Crippen molar-refractivity contribution in [2.24, 2.45) is 0 Å². The van der Waals surface area contributed by atoms with Crippen molar-refractivity contribution < 1.29 is 15.3 Å². The molecule has 66 valence electrons. The van der Waals surface area contributed by atoms with Crippen LogP contribution in [0.1, 0.15) is 13.8 Å². The molecule has 1 aliphatic rings. The minimum atomic E-state index is -1.03. The maximum Gasteiger partial charge on any atom is 0.109 e. The molecule has 1 saturated heterocycles. The van der Waals surface area contributed by atoms with E-state index in [2.05, 4.69) is 5.32 Å². The lowest BCUT2D eigenvalue weighted by Crippen LogP contribution is -2.62. The van der Waals surface area contributed by atoms with Crippen LogP contribution in [0.3, 0.4) is 0 Å². The van der Waals surface area contributed by atoms with Gasteiger partial charge in [-0.1, -0.05) is 0 Å². The Kier molecular flexibility index (Phi) is 2.49. The molecule has 0 amide bonds. The Hall–Kier alpha value is -0.160. The second kappa shape index (κ2) is 3.06. The highest BCUT2D eigenvalue weighted by Crippen LogP contribution is 2.14. The van der Waals surface area contributed by atoms with E-state index in [9.17, 15) is 15.3 Å². The van der Waals surface area contributed by atoms with Gasteiger partial charge in [0, 0.05) is 12.1 Å². The quantitative estimate of drug-likeness (QED) is 0.347. The van der Waals surface area contributed by atoms with Gasteiger partial charge in [0.25, 0.3) is 0 Å². The van der Waals surface area contributed by atoms with Crippen LogP contribution in [0.5, 0.6) is 0 Å². The molecule has 4 nitrogen and oxygen atoms in total. The number of piperidine rings is 1. The van der Waals surface area contributed by atoms with E-state index in [1.54, 1.807) is 13.8 Å². The number of aliphatic hydroxyl groups excluding tert-OH is 3. The van der Waals surface area contributed by atoms with Gasteiger partial charge in [0.1, 0.15) is 6.10 Å². The number of aliphatic hydroxyl groups is 3. The number of rotatable bonds is 0. The van der Waals surface area contributed by atoms with Crippen LogP contribution in [0.2, 0.25) is 0 Å². The number of hydrogen-bond acceptors (Lipinski definition) is 4. The molecule has 4 heteroatoms. The Morgan fingerprint density at radius 2 is 1.18 bits per heavy atom. The first-order valence-corrected chi connectivity index (χ1v) is 3.84. The Morgan fingerprint density at radius 1 is 0.818 bits per heavy atom. The lowest BCUT2D eigenvalue weighted by Gasteiger charge is -2.38. The van der Waals surface area contributed by atoms with Gasteiger partial charge in [0.15, 0.2) is 0 Å². The van der Waals surface area contributed by atoms with E-state index in [0.717, 1.165) is 0 Å². The molecule has 4 atom stereocenters. The van der Waals surface area contributed by atoms with Gasteiger partial charge in [-0.05, 0) is 13.8 Å². The van der Waals surface area contributed by atoms with Crippen molar-refractivity contribution in [3.63, 3.8) is 0 Å². The van der Waals surface area contributed by atoms with Gasteiger partial charge in [-0.2, -0.15) is 0 Å². The van der Waals surface area contributed by atoms with Crippen molar-refractivity contribution in [2.75, 3.05) is 0 Å². The zero-order chi connectivity index (χ0) is 8.59. The van der Waals surface area contributed by atoms with Crippen molar-refractivity contribution in [3.05, 3.63) is 0 Å². The Bertz CT molecular complexity index is 128. The standard InChI is InChI=1S/C7H15NO3/c1-3-5(9)7(11)6(10)4(2)8-3/h3-11H,1-2H3. The monoisotopic (exact) mass is 161 g/mol. The summed E-state index contributed by atoms with van der Waals surface area (Å²) in [7, 11) is 0. The maximum atomic E-state index is 9.26. The van der Waals surface area contributed by atoms with Gasteiger partial charge in [0.2, 0.25) is 0 Å². The summed E-state index contributed by atoms with van der Waals surface area (Å²) in [5.74, 6) is 0. The minimum absolute atomic E-state index is 0.164. The first kappa shape index (κ1) is 8.93. The second-order valence-electron chi connectivity index (χ2n) is 3.22. The molecule has 0 aromatic carbocycles. The SMILES string of the molecule is CC1NC(C)C(O)C(O)C1O. The fourth-order valence-electron chi connectivity index (χ4n) is 1.41. The van der Waals surface area contributed by atoms with E-state index in [4.69, 9.17) is 0 Å². The lowest BCUT2D eigenvalue weighted by molar-refractivity contribution is -0.107. The summed E-state index contributed by atoms with van der Waals surface area (Å²) < 4.78 is 0. The van der Waals surface area contributed by atoms with E-state index < -0.39 is 18.3 Å². The summed E-state index contributed by atoms with van der Waals surface area (Å²) in [5, 5.41) is 30.7. The Labute approximate surface area is 65.9 Å². The molecule has 0 saturated carbocycles. The first-order chi connectivity index (χ1) is 5.04. The molecule has 1 heterocycles. The molecular weight excluding hydrogens is 146 g/mol. The molecule has 0 spiro atoms. The summed E-state index contributed by atoms with van der Waals surface area (Å²) in [6.45, 7) is 3.55. The maximum absolute atomic E-state index is 9.26. The van der Waals surface area contributed by atoms with Crippen molar-refractivity contribution >= 4 is 0 Å². The highest BCUT2D eigenvalue weighted by atomic mass is 16.4. The predicted molar refractivity (Wildman–Crippen MR) is 40.1 cm³/mol. The van der Waals surface area contributed by atoms with Crippen molar-refractivity contribution in [1.82, 2.24) is 5.32 Å². The zero-order valence-corrected chi connectivity index (χ0v) is 6.73. The molecule has 0 bridgehead atoms. The van der Waals surface area contributed by atoms with Crippen LogP contribution in [0.25, 0.3) is 0 Å². The molecule has 0 aliphatic carbocycles. The van der Waals surface area contributed by atoms with Gasteiger partial charge in [-0.3, -0.25) is 0 Å². The van der Waals surface area contributed by atoms with E-state index >= 15 is 0 Å². The van der Waals surface area contributed by atoms with Gasteiger partial charge in [-0.15, -0.1) is 0 Å². The van der Waals surface area contributed by atoms with Crippen LogP contribution in [-0.4, -0.2) is 45.7 Å². The highest BCUT2D eigenvalue weighted by Gasteiger charge is 2.37. The van der Waals surface area contributed by atoms with Gasteiger partial charge in [-0.25, -0.2) is 0 Å². The molecule has 11 heavy (non-hydrogen) atoms. The highest BCUT2D eigenvalue weighted by molar-refractivity contribution is 4.94. The first-order valence-electron chi connectivity index (χ1n) is 3.84. The summed E-state index contributed by atoms with van der Waals surface area (Å²) in [4.78, 5) is 0. The lowest BCUT2D eigenvalue weighted by atomic mass is 9.92. The zero-order valence-electron chi connectivity index (χ0n) is 6.73. The predicted octanol–water partition coefficient (Wildman–Crippen LogP) is -1.55. The van der Waals surface area contributed by atoms with Crippen LogP contribution >= 0.6 is 0 Å². The van der Waals surface area contributed by atoms with Crippen molar-refractivity contribution in [3.8, 4) is 0 Å². The summed E-state index contributed by atoms with van der Waals surface area (Å²) in [5.41, 5.74) is 0. The molecule has 1 rings (SSSR count). The molecule has 0 radical (unpaired) electrons. The van der Waals surface area contributed by atoms with Gasteiger partial charge >= 0.3 is 0 Å². The third kappa shape index (κ3) is 1.54. The molecule has 4 unspecified atom stereocenters. The average molecular weight is 161 g/mol. The smallest absolute Gasteiger partial charge is 0.109 e. The second-order valence-corrected chi connectivity index (χ2v) is 3.22. The summed E-state index contributed by atoms with van der Waals surface area (Å²) in [6.07, 6.45) is -2.77. The average Bonchev–Trinajstić information content (AvgIpc) is 1.97. The number of nitrogens with one attached hydrogen (secondary N) is 1. The fourth-order valence-corrected chi connectivity index (χ4v) is 1.41. The minimum Gasteiger partial charge on any atom is -0.389 e. The molecule has 0 aromatic rings. The summed E-state index contributed by atoms with van der Waals surface area (Å²) in [6, 6.07) is -0.327.